The Morgan fingerprint density at radius 1 is 1.03 bits per heavy atom. The van der Waals surface area contributed by atoms with Crippen LogP contribution in [-0.4, -0.2) is 48.3 Å². The Balaban J connectivity index is 1.21. The van der Waals surface area contributed by atoms with Crippen molar-refractivity contribution in [2.75, 3.05) is 29.9 Å². The van der Waals surface area contributed by atoms with Crippen LogP contribution in [0, 0.1) is 11.6 Å². The van der Waals surface area contributed by atoms with Crippen molar-refractivity contribution >= 4 is 29.1 Å². The number of benzene rings is 2. The fraction of sp³-hybridized carbons (Fsp3) is 0.375. The van der Waals surface area contributed by atoms with Crippen LogP contribution in [0.25, 0.3) is 0 Å². The Morgan fingerprint density at radius 3 is 2.55 bits per heavy atom. The van der Waals surface area contributed by atoms with Gasteiger partial charge >= 0.3 is 0 Å². The molecule has 2 aromatic rings. The first-order chi connectivity index (χ1) is 15.9. The molecule has 0 aliphatic carbocycles. The molecule has 0 unspecified atom stereocenters. The number of carbonyl (C=O) groups excluding carboxylic acids is 3. The van der Waals surface area contributed by atoms with Crippen molar-refractivity contribution in [2.24, 2.45) is 0 Å². The van der Waals surface area contributed by atoms with Gasteiger partial charge in [-0.15, -0.1) is 0 Å². The van der Waals surface area contributed by atoms with Gasteiger partial charge in [0.25, 0.3) is 0 Å². The number of fused-ring (bicyclic) bond motifs is 1. The van der Waals surface area contributed by atoms with Gasteiger partial charge in [0.05, 0.1) is 11.4 Å². The van der Waals surface area contributed by atoms with Crippen LogP contribution in [0.3, 0.4) is 0 Å². The lowest BCUT2D eigenvalue weighted by molar-refractivity contribution is -0.126. The molecule has 0 saturated carbocycles. The summed E-state index contributed by atoms with van der Waals surface area (Å²) in [4.78, 5) is 40.5. The molecule has 0 radical (unpaired) electrons. The van der Waals surface area contributed by atoms with E-state index in [1.807, 2.05) is 0 Å². The fourth-order valence-electron chi connectivity index (χ4n) is 4.24. The molecule has 2 aromatic carbocycles. The van der Waals surface area contributed by atoms with Crippen LogP contribution < -0.4 is 15.5 Å². The van der Waals surface area contributed by atoms with Crippen LogP contribution in [0.1, 0.15) is 31.2 Å². The second-order valence-corrected chi connectivity index (χ2v) is 8.41. The van der Waals surface area contributed by atoms with Gasteiger partial charge in [0.15, 0.2) is 11.6 Å². The van der Waals surface area contributed by atoms with Gasteiger partial charge in [0, 0.05) is 38.5 Å². The Bertz CT molecular complexity index is 1050. The quantitative estimate of drug-likeness (QED) is 0.701. The SMILES string of the molecule is O=C1CN(C(=O)CCC(=O)NC2CCN(Cc3ccc(F)c(F)c3)CC2)c2ccccc2N1. The summed E-state index contributed by atoms with van der Waals surface area (Å²) >= 11 is 0. The number of nitrogens with one attached hydrogen (secondary N) is 2. The summed E-state index contributed by atoms with van der Waals surface area (Å²) in [5.41, 5.74) is 1.93. The minimum Gasteiger partial charge on any atom is -0.353 e. The van der Waals surface area contributed by atoms with Crippen LogP contribution in [0.4, 0.5) is 20.2 Å². The highest BCUT2D eigenvalue weighted by molar-refractivity contribution is 6.10. The van der Waals surface area contributed by atoms with Crippen LogP contribution in [0.5, 0.6) is 0 Å². The number of para-hydroxylation sites is 2. The number of hydrogen-bond donors (Lipinski definition) is 2. The third-order valence-electron chi connectivity index (χ3n) is 5.98. The molecule has 0 atom stereocenters. The van der Waals surface area contributed by atoms with E-state index < -0.39 is 11.6 Å². The summed E-state index contributed by atoms with van der Waals surface area (Å²) in [7, 11) is 0. The van der Waals surface area contributed by atoms with Crippen LogP contribution in [0.15, 0.2) is 42.5 Å². The minimum absolute atomic E-state index is 0.00953. The summed E-state index contributed by atoms with van der Waals surface area (Å²) in [6, 6.07) is 11.0. The molecule has 1 fully saturated rings. The van der Waals surface area contributed by atoms with E-state index in [0.29, 0.717) is 23.5 Å². The van der Waals surface area contributed by atoms with Gasteiger partial charge in [-0.2, -0.15) is 0 Å². The zero-order chi connectivity index (χ0) is 23.4. The van der Waals surface area contributed by atoms with Crippen molar-refractivity contribution in [3.05, 3.63) is 59.7 Å². The first-order valence-corrected chi connectivity index (χ1v) is 11.0. The number of halogens is 2. The van der Waals surface area contributed by atoms with E-state index in [1.165, 1.54) is 11.0 Å². The van der Waals surface area contributed by atoms with E-state index in [4.69, 9.17) is 0 Å². The zero-order valence-corrected chi connectivity index (χ0v) is 18.2. The second-order valence-electron chi connectivity index (χ2n) is 8.41. The fourth-order valence-corrected chi connectivity index (χ4v) is 4.24. The van der Waals surface area contributed by atoms with E-state index in [1.54, 1.807) is 30.3 Å². The van der Waals surface area contributed by atoms with Gasteiger partial charge < -0.3 is 15.5 Å². The number of amides is 3. The lowest BCUT2D eigenvalue weighted by Crippen LogP contribution is -2.45. The highest BCUT2D eigenvalue weighted by Gasteiger charge is 2.27. The molecule has 0 bridgehead atoms. The third kappa shape index (κ3) is 5.73. The summed E-state index contributed by atoms with van der Waals surface area (Å²) in [5.74, 6) is -2.43. The van der Waals surface area contributed by atoms with Crippen molar-refractivity contribution in [3.63, 3.8) is 0 Å². The smallest absolute Gasteiger partial charge is 0.244 e. The predicted molar refractivity (Wildman–Crippen MR) is 119 cm³/mol. The lowest BCUT2D eigenvalue weighted by Gasteiger charge is -2.32. The maximum absolute atomic E-state index is 13.4. The van der Waals surface area contributed by atoms with Crippen molar-refractivity contribution in [3.8, 4) is 0 Å². The van der Waals surface area contributed by atoms with E-state index in [-0.39, 0.29) is 43.1 Å². The normalized spacial score (nSPS) is 16.8. The van der Waals surface area contributed by atoms with E-state index in [0.717, 1.165) is 32.0 Å². The number of likely N-dealkylation sites (tertiary alicyclic amines) is 1. The zero-order valence-electron chi connectivity index (χ0n) is 18.2. The van der Waals surface area contributed by atoms with Crippen LogP contribution in [-0.2, 0) is 20.9 Å². The minimum atomic E-state index is -0.855. The molecule has 174 valence electrons. The van der Waals surface area contributed by atoms with Gasteiger partial charge in [-0.3, -0.25) is 19.3 Å². The van der Waals surface area contributed by atoms with Gasteiger partial charge in [-0.05, 0) is 42.7 Å². The molecule has 2 heterocycles. The molecule has 1 saturated heterocycles. The van der Waals surface area contributed by atoms with E-state index >= 15 is 0 Å². The monoisotopic (exact) mass is 456 g/mol. The largest absolute Gasteiger partial charge is 0.353 e. The lowest BCUT2D eigenvalue weighted by atomic mass is 10.0. The van der Waals surface area contributed by atoms with Crippen molar-refractivity contribution in [1.29, 1.82) is 0 Å². The highest BCUT2D eigenvalue weighted by atomic mass is 19.2. The predicted octanol–water partition coefficient (Wildman–Crippen LogP) is 2.81. The van der Waals surface area contributed by atoms with Crippen LogP contribution >= 0.6 is 0 Å². The molecule has 2 aliphatic rings. The number of anilines is 2. The Labute approximate surface area is 190 Å². The molecule has 9 heteroatoms. The highest BCUT2D eigenvalue weighted by Crippen LogP contribution is 2.29. The third-order valence-corrected chi connectivity index (χ3v) is 5.98. The Morgan fingerprint density at radius 2 is 1.79 bits per heavy atom. The molecular weight excluding hydrogens is 430 g/mol. The van der Waals surface area contributed by atoms with Gasteiger partial charge in [-0.1, -0.05) is 18.2 Å². The number of nitrogens with zero attached hydrogens (tertiary/aromatic N) is 2. The molecule has 0 spiro atoms. The number of piperidine rings is 1. The molecular formula is C24H26F2N4O3. The van der Waals surface area contributed by atoms with Gasteiger partial charge in [-0.25, -0.2) is 8.78 Å². The van der Waals surface area contributed by atoms with Gasteiger partial charge in [0.2, 0.25) is 17.7 Å². The molecule has 2 aliphatic heterocycles. The molecule has 2 N–H and O–H groups in total. The van der Waals surface area contributed by atoms with Crippen molar-refractivity contribution < 1.29 is 23.2 Å². The first kappa shape index (κ1) is 22.8. The van der Waals surface area contributed by atoms with Gasteiger partial charge in [0.1, 0.15) is 6.54 Å². The first-order valence-electron chi connectivity index (χ1n) is 11.0. The van der Waals surface area contributed by atoms with Crippen molar-refractivity contribution in [2.45, 2.75) is 38.3 Å². The topological polar surface area (TPSA) is 81.8 Å². The Kier molecular flexibility index (Phi) is 6.98. The summed E-state index contributed by atoms with van der Waals surface area (Å²) < 4.78 is 26.5. The molecule has 3 amide bonds. The average molecular weight is 456 g/mol. The molecule has 4 rings (SSSR count). The standard InChI is InChI=1S/C24H26F2N4O3/c25-18-6-5-16(13-19(18)26)14-29-11-9-17(10-12-29)27-22(31)7-8-24(33)30-15-23(32)28-20-3-1-2-4-21(20)30/h1-6,13,17H,7-12,14-15H2,(H,27,31)(H,28,32). The molecule has 33 heavy (non-hydrogen) atoms. The van der Waals surface area contributed by atoms with E-state index in [2.05, 4.69) is 15.5 Å². The molecule has 0 aromatic heterocycles. The number of carbonyl (C=O) groups is 3. The summed E-state index contributed by atoms with van der Waals surface area (Å²) in [6.45, 7) is 1.91. The summed E-state index contributed by atoms with van der Waals surface area (Å²) in [6.07, 6.45) is 1.54. The Hall–Kier alpha value is -3.33. The second kappa shape index (κ2) is 10.1. The number of rotatable bonds is 6. The molecule has 7 nitrogen and oxygen atoms in total. The van der Waals surface area contributed by atoms with E-state index in [9.17, 15) is 23.2 Å². The summed E-state index contributed by atoms with van der Waals surface area (Å²) in [5, 5.41) is 5.72. The average Bonchev–Trinajstić information content (AvgIpc) is 2.80. The number of hydrogen-bond acceptors (Lipinski definition) is 4. The maximum atomic E-state index is 13.4. The van der Waals surface area contributed by atoms with Crippen LogP contribution in [0.2, 0.25) is 0 Å². The maximum Gasteiger partial charge on any atom is 0.244 e. The van der Waals surface area contributed by atoms with Crippen molar-refractivity contribution in [1.82, 2.24) is 10.2 Å².